The van der Waals surface area contributed by atoms with Crippen molar-refractivity contribution in [1.29, 1.82) is 0 Å². The van der Waals surface area contributed by atoms with Gasteiger partial charge >= 0.3 is 11.8 Å². The molecule has 2 aromatic carbocycles. The molecule has 1 atom stereocenters. The van der Waals surface area contributed by atoms with Gasteiger partial charge in [-0.15, -0.1) is 0 Å². The van der Waals surface area contributed by atoms with Gasteiger partial charge < -0.3 is 30.0 Å². The van der Waals surface area contributed by atoms with Crippen LogP contribution in [0.1, 0.15) is 18.1 Å². The van der Waals surface area contributed by atoms with Crippen LogP contribution in [0.2, 0.25) is 5.02 Å². The number of carbonyl (C=O) groups excluding carboxylic acids is 2. The SMILES string of the molecule is COc1ccc(Cl)cc1NC(=O)C(=O)NCCC(O)c1ccc2c(c1)OCO2. The lowest BCUT2D eigenvalue weighted by molar-refractivity contribution is -0.136. The maximum atomic E-state index is 12.1. The number of hydrogen-bond donors (Lipinski definition) is 3. The van der Waals surface area contributed by atoms with E-state index in [0.717, 1.165) is 0 Å². The van der Waals surface area contributed by atoms with E-state index in [1.807, 2.05) is 0 Å². The van der Waals surface area contributed by atoms with Gasteiger partial charge in [-0.25, -0.2) is 0 Å². The number of anilines is 1. The number of rotatable bonds is 6. The number of amides is 2. The Hall–Kier alpha value is -2.97. The predicted octanol–water partition coefficient (Wildman–Crippen LogP) is 2.26. The van der Waals surface area contributed by atoms with Crippen LogP contribution < -0.4 is 24.8 Å². The van der Waals surface area contributed by atoms with Gasteiger partial charge in [0.15, 0.2) is 11.5 Å². The van der Waals surface area contributed by atoms with E-state index in [2.05, 4.69) is 10.6 Å². The zero-order valence-corrected chi connectivity index (χ0v) is 15.8. The van der Waals surface area contributed by atoms with Crippen LogP contribution in [0, 0.1) is 0 Å². The molecule has 28 heavy (non-hydrogen) atoms. The molecule has 0 aliphatic carbocycles. The van der Waals surface area contributed by atoms with Gasteiger partial charge in [-0.1, -0.05) is 17.7 Å². The molecule has 3 rings (SSSR count). The zero-order valence-electron chi connectivity index (χ0n) is 15.0. The Balaban J connectivity index is 1.50. The molecule has 0 spiro atoms. The van der Waals surface area contributed by atoms with Crippen molar-refractivity contribution in [3.63, 3.8) is 0 Å². The molecule has 0 radical (unpaired) electrons. The molecule has 1 aliphatic heterocycles. The molecule has 3 N–H and O–H groups in total. The number of hydrogen-bond acceptors (Lipinski definition) is 6. The quantitative estimate of drug-likeness (QED) is 0.635. The number of fused-ring (bicyclic) bond motifs is 1. The fraction of sp³-hybridized carbons (Fsp3) is 0.263. The minimum absolute atomic E-state index is 0.106. The highest BCUT2D eigenvalue weighted by molar-refractivity contribution is 6.40. The molecule has 2 aromatic rings. The van der Waals surface area contributed by atoms with Crippen molar-refractivity contribution in [3.8, 4) is 17.2 Å². The lowest BCUT2D eigenvalue weighted by Crippen LogP contribution is -2.36. The van der Waals surface area contributed by atoms with Gasteiger partial charge in [0, 0.05) is 11.6 Å². The van der Waals surface area contributed by atoms with Gasteiger partial charge in [0.2, 0.25) is 6.79 Å². The van der Waals surface area contributed by atoms with Crippen molar-refractivity contribution in [2.75, 3.05) is 25.8 Å². The van der Waals surface area contributed by atoms with E-state index in [0.29, 0.717) is 27.8 Å². The second-order valence-corrected chi connectivity index (χ2v) is 6.41. The second kappa shape index (κ2) is 8.81. The summed E-state index contributed by atoms with van der Waals surface area (Å²) in [5.74, 6) is -0.130. The zero-order chi connectivity index (χ0) is 20.1. The van der Waals surface area contributed by atoms with E-state index in [1.54, 1.807) is 30.3 Å². The fourth-order valence-corrected chi connectivity index (χ4v) is 2.82. The summed E-state index contributed by atoms with van der Waals surface area (Å²) in [5, 5.41) is 15.6. The molecule has 8 nitrogen and oxygen atoms in total. The van der Waals surface area contributed by atoms with Gasteiger partial charge in [0.25, 0.3) is 0 Å². The monoisotopic (exact) mass is 406 g/mol. The van der Waals surface area contributed by atoms with Crippen molar-refractivity contribution in [2.24, 2.45) is 0 Å². The maximum absolute atomic E-state index is 12.1. The highest BCUT2D eigenvalue weighted by Crippen LogP contribution is 2.34. The summed E-state index contributed by atoms with van der Waals surface area (Å²) in [5.41, 5.74) is 0.919. The summed E-state index contributed by atoms with van der Waals surface area (Å²) in [6.45, 7) is 0.256. The van der Waals surface area contributed by atoms with Crippen molar-refractivity contribution in [2.45, 2.75) is 12.5 Å². The lowest BCUT2D eigenvalue weighted by Gasteiger charge is -2.13. The average molecular weight is 407 g/mol. The van der Waals surface area contributed by atoms with Crippen LogP contribution in [0.4, 0.5) is 5.69 Å². The number of benzene rings is 2. The molecule has 0 fully saturated rings. The Labute approximate surface area is 166 Å². The van der Waals surface area contributed by atoms with Crippen LogP contribution in [-0.4, -0.2) is 37.4 Å². The summed E-state index contributed by atoms with van der Waals surface area (Å²) in [7, 11) is 1.44. The van der Waals surface area contributed by atoms with E-state index >= 15 is 0 Å². The molecule has 9 heteroatoms. The first-order chi connectivity index (χ1) is 13.5. The van der Waals surface area contributed by atoms with Gasteiger partial charge in [0.1, 0.15) is 5.75 Å². The fourth-order valence-electron chi connectivity index (χ4n) is 2.65. The minimum Gasteiger partial charge on any atom is -0.495 e. The average Bonchev–Trinajstić information content (AvgIpc) is 3.15. The molecule has 2 amide bonds. The number of ether oxygens (including phenoxy) is 3. The van der Waals surface area contributed by atoms with E-state index in [4.69, 9.17) is 25.8 Å². The Morgan fingerprint density at radius 2 is 1.96 bits per heavy atom. The molecule has 1 aliphatic rings. The van der Waals surface area contributed by atoms with Crippen molar-refractivity contribution in [1.82, 2.24) is 5.32 Å². The van der Waals surface area contributed by atoms with E-state index in [1.165, 1.54) is 13.2 Å². The van der Waals surface area contributed by atoms with Gasteiger partial charge in [-0.3, -0.25) is 9.59 Å². The number of carbonyl (C=O) groups is 2. The molecule has 0 bridgehead atoms. The predicted molar refractivity (Wildman–Crippen MR) is 102 cm³/mol. The Bertz CT molecular complexity index is 889. The normalized spacial score (nSPS) is 13.0. The van der Waals surface area contributed by atoms with Crippen LogP contribution in [0.3, 0.4) is 0 Å². The van der Waals surface area contributed by atoms with Crippen molar-refractivity contribution >= 4 is 29.1 Å². The maximum Gasteiger partial charge on any atom is 0.313 e. The largest absolute Gasteiger partial charge is 0.495 e. The number of halogens is 1. The van der Waals surface area contributed by atoms with Gasteiger partial charge in [0.05, 0.1) is 18.9 Å². The van der Waals surface area contributed by atoms with E-state index in [-0.39, 0.29) is 25.4 Å². The highest BCUT2D eigenvalue weighted by Gasteiger charge is 2.19. The molecule has 1 unspecified atom stereocenters. The molecule has 0 saturated heterocycles. The van der Waals surface area contributed by atoms with E-state index in [9.17, 15) is 14.7 Å². The topological polar surface area (TPSA) is 106 Å². The first-order valence-electron chi connectivity index (χ1n) is 8.48. The van der Waals surface area contributed by atoms with E-state index < -0.39 is 17.9 Å². The van der Waals surface area contributed by atoms with Crippen LogP contribution in [0.5, 0.6) is 17.2 Å². The first-order valence-corrected chi connectivity index (χ1v) is 8.86. The summed E-state index contributed by atoms with van der Waals surface area (Å²) in [6.07, 6.45) is -0.607. The standard InChI is InChI=1S/C19H19ClN2O6/c1-26-15-5-3-12(20)9-13(15)22-19(25)18(24)21-7-6-14(23)11-2-4-16-17(8-11)28-10-27-16/h2-5,8-9,14,23H,6-7,10H2,1H3,(H,21,24)(H,22,25). The molecular formula is C19H19ClN2O6. The molecule has 0 aromatic heterocycles. The smallest absolute Gasteiger partial charge is 0.313 e. The van der Waals surface area contributed by atoms with Crippen LogP contribution in [-0.2, 0) is 9.59 Å². The number of aliphatic hydroxyl groups is 1. The van der Waals surface area contributed by atoms with Crippen molar-refractivity contribution < 1.29 is 28.9 Å². The molecule has 1 heterocycles. The summed E-state index contributed by atoms with van der Waals surface area (Å²) < 4.78 is 15.6. The summed E-state index contributed by atoms with van der Waals surface area (Å²) >= 11 is 5.90. The number of nitrogens with one attached hydrogen (secondary N) is 2. The van der Waals surface area contributed by atoms with Gasteiger partial charge in [-0.05, 0) is 42.3 Å². The summed E-state index contributed by atoms with van der Waals surface area (Å²) in [4.78, 5) is 24.0. The minimum atomic E-state index is -0.863. The second-order valence-electron chi connectivity index (χ2n) is 5.97. The third-order valence-corrected chi connectivity index (χ3v) is 4.34. The third-order valence-electron chi connectivity index (χ3n) is 4.10. The molecule has 148 valence electrons. The van der Waals surface area contributed by atoms with Crippen LogP contribution in [0.25, 0.3) is 0 Å². The first kappa shape index (κ1) is 19.8. The number of methoxy groups -OCH3 is 1. The Morgan fingerprint density at radius 3 is 2.75 bits per heavy atom. The van der Waals surface area contributed by atoms with Crippen LogP contribution >= 0.6 is 11.6 Å². The highest BCUT2D eigenvalue weighted by atomic mass is 35.5. The summed E-state index contributed by atoms with van der Waals surface area (Å²) in [6, 6.07) is 9.79. The lowest BCUT2D eigenvalue weighted by atomic mass is 10.1. The third kappa shape index (κ3) is 4.65. The van der Waals surface area contributed by atoms with Crippen molar-refractivity contribution in [3.05, 3.63) is 47.0 Å². The number of aliphatic hydroxyl groups excluding tert-OH is 1. The van der Waals surface area contributed by atoms with Crippen LogP contribution in [0.15, 0.2) is 36.4 Å². The van der Waals surface area contributed by atoms with Gasteiger partial charge in [-0.2, -0.15) is 0 Å². The molecule has 0 saturated carbocycles. The Morgan fingerprint density at radius 1 is 1.18 bits per heavy atom. The Kier molecular flexibility index (Phi) is 6.23. The molecular weight excluding hydrogens is 388 g/mol.